The molecule has 0 amide bonds. The molecule has 1 atom stereocenters. The normalized spacial score (nSPS) is 12.6. The van der Waals surface area contributed by atoms with E-state index in [1.54, 1.807) is 0 Å². The first-order chi connectivity index (χ1) is 9.65. The maximum absolute atomic E-state index is 13.8. The Balaban J connectivity index is 2.07. The van der Waals surface area contributed by atoms with Gasteiger partial charge in [0.1, 0.15) is 11.6 Å². The van der Waals surface area contributed by atoms with Crippen LogP contribution in [-0.2, 0) is 0 Å². The summed E-state index contributed by atoms with van der Waals surface area (Å²) in [6.45, 7) is 0. The van der Waals surface area contributed by atoms with Crippen molar-refractivity contribution < 1.29 is 8.78 Å². The van der Waals surface area contributed by atoms with Gasteiger partial charge in [-0.25, -0.2) is 8.78 Å². The monoisotopic (exact) mass is 288 g/mol. The maximum Gasteiger partial charge on any atom is 0.128 e. The number of rotatable bonds is 2. The molecule has 3 aromatic rings. The first-order valence-electron chi connectivity index (χ1n) is 6.23. The lowest BCUT2D eigenvalue weighted by Gasteiger charge is -2.12. The average molecular weight is 289 g/mol. The third-order valence-corrected chi connectivity index (χ3v) is 3.78. The summed E-state index contributed by atoms with van der Waals surface area (Å²) in [5, 5.41) is 1.39. The van der Waals surface area contributed by atoms with Gasteiger partial charge in [-0.3, -0.25) is 0 Å². The predicted molar refractivity (Wildman–Crippen MR) is 78.0 cm³/mol. The SMILES string of the molecule is Fc1ccc(F)c(C(Cl)c2ccc3ccccc3c2)c1. The first-order valence-corrected chi connectivity index (χ1v) is 6.66. The molecule has 1 unspecified atom stereocenters. The topological polar surface area (TPSA) is 0 Å². The van der Waals surface area contributed by atoms with Gasteiger partial charge >= 0.3 is 0 Å². The van der Waals surface area contributed by atoms with Crippen molar-refractivity contribution in [3.05, 3.63) is 83.4 Å². The lowest BCUT2D eigenvalue weighted by Crippen LogP contribution is -1.98. The number of benzene rings is 3. The van der Waals surface area contributed by atoms with Gasteiger partial charge in [0, 0.05) is 5.56 Å². The van der Waals surface area contributed by atoms with Gasteiger partial charge in [-0.2, -0.15) is 0 Å². The van der Waals surface area contributed by atoms with Crippen LogP contribution in [0.5, 0.6) is 0 Å². The fourth-order valence-corrected chi connectivity index (χ4v) is 2.56. The lowest BCUT2D eigenvalue weighted by atomic mass is 10.0. The molecule has 0 heterocycles. The number of halogens is 3. The molecule has 0 spiro atoms. The summed E-state index contributed by atoms with van der Waals surface area (Å²) in [7, 11) is 0. The molecule has 0 aliphatic carbocycles. The van der Waals surface area contributed by atoms with Crippen molar-refractivity contribution in [2.24, 2.45) is 0 Å². The van der Waals surface area contributed by atoms with E-state index in [1.165, 1.54) is 0 Å². The minimum absolute atomic E-state index is 0.155. The molecule has 0 fully saturated rings. The lowest BCUT2D eigenvalue weighted by molar-refractivity contribution is 0.587. The molecule has 0 saturated carbocycles. The number of alkyl halides is 1. The van der Waals surface area contributed by atoms with Crippen molar-refractivity contribution in [3.8, 4) is 0 Å². The van der Waals surface area contributed by atoms with Crippen LogP contribution in [0.1, 0.15) is 16.5 Å². The van der Waals surface area contributed by atoms with Gasteiger partial charge in [0.2, 0.25) is 0 Å². The van der Waals surface area contributed by atoms with Gasteiger partial charge < -0.3 is 0 Å². The third kappa shape index (κ3) is 2.39. The molecule has 0 aromatic heterocycles. The highest BCUT2D eigenvalue weighted by molar-refractivity contribution is 6.22. The Hall–Kier alpha value is -1.93. The second-order valence-electron chi connectivity index (χ2n) is 4.63. The Labute approximate surface area is 120 Å². The van der Waals surface area contributed by atoms with Crippen molar-refractivity contribution in [2.45, 2.75) is 5.38 Å². The second-order valence-corrected chi connectivity index (χ2v) is 5.07. The molecule has 0 N–H and O–H groups in total. The van der Waals surface area contributed by atoms with Gasteiger partial charge in [-0.15, -0.1) is 11.6 Å². The summed E-state index contributed by atoms with van der Waals surface area (Å²) in [5.74, 6) is -0.993. The third-order valence-electron chi connectivity index (χ3n) is 3.30. The molecule has 3 rings (SSSR count). The van der Waals surface area contributed by atoms with E-state index >= 15 is 0 Å². The second kappa shape index (κ2) is 5.22. The van der Waals surface area contributed by atoms with Crippen molar-refractivity contribution in [1.82, 2.24) is 0 Å². The van der Waals surface area contributed by atoms with E-state index in [9.17, 15) is 8.78 Å². The van der Waals surface area contributed by atoms with Crippen LogP contribution in [-0.4, -0.2) is 0 Å². The van der Waals surface area contributed by atoms with E-state index in [-0.39, 0.29) is 5.56 Å². The Morgan fingerprint density at radius 1 is 0.800 bits per heavy atom. The van der Waals surface area contributed by atoms with Crippen molar-refractivity contribution in [1.29, 1.82) is 0 Å². The number of hydrogen-bond donors (Lipinski definition) is 0. The van der Waals surface area contributed by atoms with Crippen LogP contribution >= 0.6 is 11.6 Å². The van der Waals surface area contributed by atoms with Crippen molar-refractivity contribution in [2.75, 3.05) is 0 Å². The van der Waals surface area contributed by atoms with E-state index in [2.05, 4.69) is 0 Å². The first kappa shape index (κ1) is 13.1. The Morgan fingerprint density at radius 3 is 2.35 bits per heavy atom. The molecule has 0 nitrogen and oxygen atoms in total. The molecule has 0 saturated heterocycles. The summed E-state index contributed by atoms with van der Waals surface area (Å²) in [6.07, 6.45) is 0. The highest BCUT2D eigenvalue weighted by Crippen LogP contribution is 2.32. The summed E-state index contributed by atoms with van der Waals surface area (Å²) in [5.41, 5.74) is 0.900. The van der Waals surface area contributed by atoms with Crippen LogP contribution < -0.4 is 0 Å². The molecule has 20 heavy (non-hydrogen) atoms. The molecular weight excluding hydrogens is 278 g/mol. The van der Waals surface area contributed by atoms with Crippen molar-refractivity contribution >= 4 is 22.4 Å². The van der Waals surface area contributed by atoms with Crippen LogP contribution in [0.2, 0.25) is 0 Å². The van der Waals surface area contributed by atoms with E-state index in [0.717, 1.165) is 34.5 Å². The predicted octanol–water partition coefficient (Wildman–Crippen LogP) is 5.45. The molecule has 100 valence electrons. The smallest absolute Gasteiger partial charge is 0.128 e. The number of hydrogen-bond acceptors (Lipinski definition) is 0. The van der Waals surface area contributed by atoms with Crippen LogP contribution in [0.4, 0.5) is 8.78 Å². The molecule has 0 radical (unpaired) electrons. The van der Waals surface area contributed by atoms with Crippen molar-refractivity contribution in [3.63, 3.8) is 0 Å². The van der Waals surface area contributed by atoms with Crippen LogP contribution in [0, 0.1) is 11.6 Å². The zero-order valence-electron chi connectivity index (χ0n) is 10.5. The highest BCUT2D eigenvalue weighted by Gasteiger charge is 2.16. The average Bonchev–Trinajstić information content (AvgIpc) is 2.48. The molecule has 0 aliphatic heterocycles. The summed E-state index contributed by atoms with van der Waals surface area (Å²) in [6, 6.07) is 16.8. The van der Waals surface area contributed by atoms with E-state index < -0.39 is 17.0 Å². The van der Waals surface area contributed by atoms with Gasteiger partial charge in [0.25, 0.3) is 0 Å². The zero-order valence-corrected chi connectivity index (χ0v) is 11.2. The van der Waals surface area contributed by atoms with Crippen LogP contribution in [0.3, 0.4) is 0 Å². The standard InChI is InChI=1S/C17H11ClF2/c18-17(15-10-14(19)7-8-16(15)20)13-6-5-11-3-1-2-4-12(11)9-13/h1-10,17H. The summed E-state index contributed by atoms with van der Waals surface area (Å²) < 4.78 is 27.0. The van der Waals surface area contributed by atoms with E-state index in [0.29, 0.717) is 0 Å². The summed E-state index contributed by atoms with van der Waals surface area (Å²) in [4.78, 5) is 0. The van der Waals surface area contributed by atoms with Crippen LogP contribution in [0.15, 0.2) is 60.7 Å². The maximum atomic E-state index is 13.8. The van der Waals surface area contributed by atoms with E-state index in [1.807, 2.05) is 42.5 Å². The van der Waals surface area contributed by atoms with Gasteiger partial charge in [0.15, 0.2) is 0 Å². The van der Waals surface area contributed by atoms with Gasteiger partial charge in [0.05, 0.1) is 5.38 Å². The Kier molecular flexibility index (Phi) is 3.41. The Morgan fingerprint density at radius 2 is 1.55 bits per heavy atom. The van der Waals surface area contributed by atoms with Gasteiger partial charge in [-0.1, -0.05) is 36.4 Å². The molecule has 3 aromatic carbocycles. The highest BCUT2D eigenvalue weighted by atomic mass is 35.5. The largest absolute Gasteiger partial charge is 0.207 e. The summed E-state index contributed by atoms with van der Waals surface area (Å²) >= 11 is 6.30. The molecular formula is C17H11ClF2. The molecule has 3 heteroatoms. The number of fused-ring (bicyclic) bond motifs is 1. The molecule has 0 aliphatic rings. The Bertz CT molecular complexity index is 768. The minimum atomic E-state index is -0.713. The minimum Gasteiger partial charge on any atom is -0.207 e. The fourth-order valence-electron chi connectivity index (χ4n) is 2.25. The fraction of sp³-hybridized carbons (Fsp3) is 0.0588. The molecule has 0 bridgehead atoms. The van der Waals surface area contributed by atoms with Crippen LogP contribution in [0.25, 0.3) is 10.8 Å². The quantitative estimate of drug-likeness (QED) is 0.550. The zero-order chi connectivity index (χ0) is 14.1. The van der Waals surface area contributed by atoms with E-state index in [4.69, 9.17) is 11.6 Å². The van der Waals surface area contributed by atoms with Gasteiger partial charge in [-0.05, 0) is 40.6 Å².